The van der Waals surface area contributed by atoms with Gasteiger partial charge in [0.25, 0.3) is 0 Å². The Kier molecular flexibility index (Phi) is 8.52. The second-order valence-corrected chi connectivity index (χ2v) is 9.00. The maximum Gasteiger partial charge on any atom is 0.434 e. The van der Waals surface area contributed by atoms with Gasteiger partial charge in [-0.3, -0.25) is 0 Å². The molecule has 0 heterocycles. The zero-order chi connectivity index (χ0) is 21.6. The van der Waals surface area contributed by atoms with Gasteiger partial charge in [0, 0.05) is 12.0 Å². The van der Waals surface area contributed by atoms with Crippen LogP contribution < -0.4 is 4.74 Å². The third-order valence-electron chi connectivity index (χ3n) is 3.47. The first-order valence-corrected chi connectivity index (χ1v) is 9.69. The van der Waals surface area contributed by atoms with Crippen molar-refractivity contribution in [2.24, 2.45) is 4.40 Å². The van der Waals surface area contributed by atoms with Crippen molar-refractivity contribution in [1.82, 2.24) is 0 Å². The molecule has 10 heteroatoms. The van der Waals surface area contributed by atoms with Gasteiger partial charge >= 0.3 is 12.4 Å². The minimum atomic E-state index is -4.78. The van der Waals surface area contributed by atoms with Gasteiger partial charge in [-0.25, -0.2) is 4.21 Å². The van der Waals surface area contributed by atoms with E-state index in [0.29, 0.717) is 12.8 Å². The molecular weight excluding hydrogens is 408 g/mol. The fourth-order valence-corrected chi connectivity index (χ4v) is 2.64. The largest absolute Gasteiger partial charge is 0.494 e. The summed E-state index contributed by atoms with van der Waals surface area (Å²) in [5.41, 5.74) is -1.48. The Labute approximate surface area is 162 Å². The fraction of sp³-hybridized carbons (Fsp3) is 0.611. The van der Waals surface area contributed by atoms with E-state index in [0.717, 1.165) is 12.1 Å². The van der Waals surface area contributed by atoms with E-state index in [1.165, 1.54) is 32.9 Å². The highest BCUT2D eigenvalue weighted by atomic mass is 32.2. The number of unbranched alkanes of at least 4 members (excludes halogenated alkanes) is 2. The zero-order valence-corrected chi connectivity index (χ0v) is 16.6. The average Bonchev–Trinajstić information content (AvgIpc) is 2.53. The van der Waals surface area contributed by atoms with E-state index >= 15 is 0 Å². The molecule has 28 heavy (non-hydrogen) atoms. The highest BCUT2D eigenvalue weighted by Crippen LogP contribution is 2.27. The molecule has 3 nitrogen and oxygen atoms in total. The number of halogens is 6. The predicted octanol–water partition coefficient (Wildman–Crippen LogP) is 6.00. The van der Waals surface area contributed by atoms with E-state index in [1.54, 1.807) is 0 Å². The number of hydrogen-bond donors (Lipinski definition) is 0. The van der Waals surface area contributed by atoms with Crippen LogP contribution in [0.5, 0.6) is 5.75 Å². The summed E-state index contributed by atoms with van der Waals surface area (Å²) in [6.45, 7) is 4.72. The zero-order valence-electron chi connectivity index (χ0n) is 15.8. The van der Waals surface area contributed by atoms with E-state index in [-0.39, 0.29) is 24.3 Å². The van der Waals surface area contributed by atoms with Crippen LogP contribution in [-0.2, 0) is 11.0 Å². The maximum atomic E-state index is 13.3. The monoisotopic (exact) mass is 431 g/mol. The highest BCUT2D eigenvalue weighted by molar-refractivity contribution is 7.85. The fourth-order valence-electron chi connectivity index (χ4n) is 1.99. The van der Waals surface area contributed by atoms with Gasteiger partial charge in [-0.2, -0.15) is 30.7 Å². The molecule has 0 saturated heterocycles. The van der Waals surface area contributed by atoms with Crippen LogP contribution in [0.15, 0.2) is 28.7 Å². The summed E-state index contributed by atoms with van der Waals surface area (Å²) >= 11 is 0. The lowest BCUT2D eigenvalue weighted by Gasteiger charge is -2.17. The summed E-state index contributed by atoms with van der Waals surface area (Å²) < 4.78 is 95.7. The van der Waals surface area contributed by atoms with Crippen molar-refractivity contribution in [2.45, 2.75) is 63.6 Å². The van der Waals surface area contributed by atoms with E-state index in [9.17, 15) is 30.6 Å². The highest BCUT2D eigenvalue weighted by Gasteiger charge is 2.38. The van der Waals surface area contributed by atoms with E-state index < -0.39 is 40.2 Å². The van der Waals surface area contributed by atoms with Gasteiger partial charge in [0.2, 0.25) is 0 Å². The molecule has 0 aliphatic rings. The molecule has 1 atom stereocenters. The van der Waals surface area contributed by atoms with Crippen LogP contribution in [0, 0.1) is 0 Å². The van der Waals surface area contributed by atoms with Crippen molar-refractivity contribution < 1.29 is 35.3 Å². The van der Waals surface area contributed by atoms with E-state index in [4.69, 9.17) is 4.74 Å². The maximum absolute atomic E-state index is 13.3. The number of alkyl halides is 6. The molecule has 0 bridgehead atoms. The molecule has 0 aromatic heterocycles. The number of nitrogens with zero attached hydrogens (tertiary/aromatic N) is 1. The van der Waals surface area contributed by atoms with E-state index in [1.807, 2.05) is 0 Å². The van der Waals surface area contributed by atoms with Crippen LogP contribution in [-0.4, -0.2) is 33.6 Å². The minimum Gasteiger partial charge on any atom is -0.494 e. The van der Waals surface area contributed by atoms with Crippen LogP contribution in [0.1, 0.15) is 52.0 Å². The third kappa shape index (κ3) is 9.07. The van der Waals surface area contributed by atoms with Gasteiger partial charge in [-0.15, -0.1) is 0 Å². The van der Waals surface area contributed by atoms with Gasteiger partial charge in [-0.05, 0) is 64.3 Å². The van der Waals surface area contributed by atoms with Crippen molar-refractivity contribution in [1.29, 1.82) is 0 Å². The lowest BCUT2D eigenvalue weighted by Crippen LogP contribution is -2.28. The molecule has 0 aliphatic carbocycles. The standard InChI is InChI=1S/C18H23F6NO2S/c1-16(2,3)28(26)25-15(18(22,23)24)13-7-9-14(10-8-13)27-12-6-4-5-11-17(19,20)21/h7-10H,4-6,11-12H2,1-3H3/t28-/m1/s1. The van der Waals surface area contributed by atoms with Crippen LogP contribution in [0.3, 0.4) is 0 Å². The Morgan fingerprint density at radius 2 is 1.54 bits per heavy atom. The van der Waals surface area contributed by atoms with Gasteiger partial charge < -0.3 is 4.74 Å². The molecule has 160 valence electrons. The summed E-state index contributed by atoms with van der Waals surface area (Å²) in [6, 6.07) is 4.94. The summed E-state index contributed by atoms with van der Waals surface area (Å²) in [5.74, 6) is 0.290. The lowest BCUT2D eigenvalue weighted by molar-refractivity contribution is -0.135. The van der Waals surface area contributed by atoms with Crippen molar-refractivity contribution in [3.8, 4) is 5.75 Å². The second kappa shape index (κ2) is 9.76. The quantitative estimate of drug-likeness (QED) is 0.288. The van der Waals surface area contributed by atoms with Crippen molar-refractivity contribution >= 4 is 16.7 Å². The van der Waals surface area contributed by atoms with Crippen LogP contribution >= 0.6 is 0 Å². The van der Waals surface area contributed by atoms with Gasteiger partial charge in [0.1, 0.15) is 16.7 Å². The SMILES string of the molecule is CC(C)(C)[S@@](=O)N=C(c1ccc(OCCCCCC(F)(F)F)cc1)C(F)(F)F. The first-order chi connectivity index (χ1) is 12.7. The summed E-state index contributed by atoms with van der Waals surface area (Å²) in [4.78, 5) is 0. The average molecular weight is 431 g/mol. The third-order valence-corrected chi connectivity index (χ3v) is 4.86. The van der Waals surface area contributed by atoms with Crippen molar-refractivity contribution in [3.05, 3.63) is 29.8 Å². The molecule has 1 aromatic carbocycles. The molecule has 1 aromatic rings. The van der Waals surface area contributed by atoms with Crippen LogP contribution in [0.4, 0.5) is 26.3 Å². The van der Waals surface area contributed by atoms with Gasteiger partial charge in [0.15, 0.2) is 5.71 Å². The molecule has 0 fully saturated rings. The number of hydrogen-bond acceptors (Lipinski definition) is 2. The lowest BCUT2D eigenvalue weighted by atomic mass is 10.1. The number of rotatable bonds is 8. The smallest absolute Gasteiger partial charge is 0.434 e. The summed E-state index contributed by atoms with van der Waals surface area (Å²) in [5, 5.41) is 0. The number of ether oxygens (including phenoxy) is 1. The topological polar surface area (TPSA) is 38.7 Å². The molecule has 0 spiro atoms. The number of benzene rings is 1. The molecule has 0 unspecified atom stereocenters. The molecule has 1 rings (SSSR count). The Balaban J connectivity index is 2.70. The second-order valence-electron chi connectivity index (χ2n) is 7.10. The minimum absolute atomic E-state index is 0.00210. The van der Waals surface area contributed by atoms with Crippen LogP contribution in [0.25, 0.3) is 0 Å². The molecule has 0 saturated carbocycles. The summed E-state index contributed by atoms with van der Waals surface area (Å²) in [7, 11) is -2.08. The predicted molar refractivity (Wildman–Crippen MR) is 96.9 cm³/mol. The van der Waals surface area contributed by atoms with Crippen LogP contribution in [0.2, 0.25) is 0 Å². The molecule has 0 N–H and O–H groups in total. The first kappa shape index (κ1) is 24.5. The Morgan fingerprint density at radius 1 is 0.964 bits per heavy atom. The van der Waals surface area contributed by atoms with Gasteiger partial charge in [0.05, 0.1) is 11.4 Å². The Morgan fingerprint density at radius 3 is 2.00 bits per heavy atom. The normalized spacial score (nSPS) is 14.8. The molecule has 0 radical (unpaired) electrons. The Hall–Kier alpha value is -1.58. The van der Waals surface area contributed by atoms with Crippen molar-refractivity contribution in [2.75, 3.05) is 6.61 Å². The molecule has 0 aliphatic heterocycles. The molecular formula is C18H23F6NO2S. The van der Waals surface area contributed by atoms with E-state index in [2.05, 4.69) is 4.40 Å². The Bertz CT molecular complexity index is 675. The molecule has 0 amide bonds. The van der Waals surface area contributed by atoms with Gasteiger partial charge in [-0.1, -0.05) is 0 Å². The first-order valence-electron chi connectivity index (χ1n) is 8.58. The van der Waals surface area contributed by atoms with Crippen molar-refractivity contribution in [3.63, 3.8) is 0 Å². The summed E-state index contributed by atoms with van der Waals surface area (Å²) in [6.07, 6.45) is -9.06.